The average molecular weight is 400 g/mol. The Labute approximate surface area is 176 Å². The zero-order valence-corrected chi connectivity index (χ0v) is 17.3. The van der Waals surface area contributed by atoms with Gasteiger partial charge in [0.15, 0.2) is 0 Å². The summed E-state index contributed by atoms with van der Waals surface area (Å²) >= 11 is 1.72. The molecule has 0 aromatic heterocycles. The third kappa shape index (κ3) is 4.54. The van der Waals surface area contributed by atoms with E-state index in [0.29, 0.717) is 0 Å². The maximum absolute atomic E-state index is 9.63. The zero-order valence-electron chi connectivity index (χ0n) is 16.5. The van der Waals surface area contributed by atoms with Gasteiger partial charge in [-0.3, -0.25) is 0 Å². The van der Waals surface area contributed by atoms with Crippen molar-refractivity contribution < 1.29 is 5.11 Å². The number of benzene rings is 4. The molecule has 0 saturated heterocycles. The molecular weight excluding hydrogens is 374 g/mol. The molecule has 29 heavy (non-hydrogen) atoms. The van der Waals surface area contributed by atoms with Gasteiger partial charge in [0, 0.05) is 22.4 Å². The van der Waals surface area contributed by atoms with Crippen LogP contribution in [0.1, 0.15) is 29.7 Å². The molecule has 2 nitrogen and oxygen atoms in total. The number of hydrogen-bond donors (Lipinski definition) is 2. The predicted molar refractivity (Wildman–Crippen MR) is 122 cm³/mol. The number of aliphatic hydroxyl groups is 1. The molecular formula is C26H25NOS. The first kappa shape index (κ1) is 19.7. The highest BCUT2D eigenvalue weighted by Gasteiger charge is 2.11. The van der Waals surface area contributed by atoms with Crippen LogP contribution in [0.25, 0.3) is 10.8 Å². The summed E-state index contributed by atoms with van der Waals surface area (Å²) in [6, 6.07) is 31.8. The van der Waals surface area contributed by atoms with E-state index < -0.39 is 0 Å². The van der Waals surface area contributed by atoms with Gasteiger partial charge in [0.1, 0.15) is 0 Å². The third-order valence-electron chi connectivity index (χ3n) is 5.22. The fourth-order valence-corrected chi connectivity index (χ4v) is 4.67. The molecule has 2 N–H and O–H groups in total. The fourth-order valence-electron chi connectivity index (χ4n) is 3.60. The summed E-state index contributed by atoms with van der Waals surface area (Å²) in [6.45, 7) is 3.06. The van der Waals surface area contributed by atoms with Gasteiger partial charge in [0.2, 0.25) is 0 Å². The first-order valence-corrected chi connectivity index (χ1v) is 10.7. The van der Waals surface area contributed by atoms with Crippen LogP contribution in [-0.2, 0) is 13.2 Å². The molecule has 1 atom stereocenters. The van der Waals surface area contributed by atoms with E-state index in [1.807, 2.05) is 18.2 Å². The lowest BCUT2D eigenvalue weighted by Crippen LogP contribution is -2.18. The molecule has 0 unspecified atom stereocenters. The van der Waals surface area contributed by atoms with Crippen LogP contribution >= 0.6 is 11.8 Å². The van der Waals surface area contributed by atoms with Crippen molar-refractivity contribution in [1.82, 2.24) is 5.32 Å². The Balaban J connectivity index is 1.53. The lowest BCUT2D eigenvalue weighted by Gasteiger charge is -2.18. The summed E-state index contributed by atoms with van der Waals surface area (Å²) in [4.78, 5) is 2.32. The van der Waals surface area contributed by atoms with Crippen molar-refractivity contribution in [2.75, 3.05) is 0 Å². The molecule has 0 aliphatic carbocycles. The van der Waals surface area contributed by atoms with E-state index >= 15 is 0 Å². The summed E-state index contributed by atoms with van der Waals surface area (Å²) in [5.74, 6) is 0. The highest BCUT2D eigenvalue weighted by Crippen LogP contribution is 2.33. The molecule has 0 amide bonds. The Hall–Kier alpha value is -2.59. The van der Waals surface area contributed by atoms with E-state index in [2.05, 4.69) is 85.0 Å². The minimum atomic E-state index is 0.0572. The minimum Gasteiger partial charge on any atom is -0.392 e. The molecule has 0 aliphatic rings. The summed E-state index contributed by atoms with van der Waals surface area (Å²) in [7, 11) is 0. The second kappa shape index (κ2) is 9.27. The van der Waals surface area contributed by atoms with Crippen molar-refractivity contribution in [2.24, 2.45) is 0 Å². The Kier molecular flexibility index (Phi) is 6.30. The van der Waals surface area contributed by atoms with Gasteiger partial charge in [-0.15, -0.1) is 0 Å². The Bertz CT molecular complexity index is 1100. The van der Waals surface area contributed by atoms with Gasteiger partial charge >= 0.3 is 0 Å². The lowest BCUT2D eigenvalue weighted by atomic mass is 9.99. The van der Waals surface area contributed by atoms with E-state index in [-0.39, 0.29) is 12.6 Å². The van der Waals surface area contributed by atoms with Gasteiger partial charge in [-0.2, -0.15) is 0 Å². The Morgan fingerprint density at radius 3 is 2.17 bits per heavy atom. The second-order valence-electron chi connectivity index (χ2n) is 7.15. The third-order valence-corrected chi connectivity index (χ3v) is 6.46. The molecule has 0 fully saturated rings. The quantitative estimate of drug-likeness (QED) is 0.381. The van der Waals surface area contributed by atoms with Crippen molar-refractivity contribution >= 4 is 22.5 Å². The number of fused-ring (bicyclic) bond motifs is 1. The summed E-state index contributed by atoms with van der Waals surface area (Å²) in [6.07, 6.45) is 0. The molecule has 4 aromatic carbocycles. The van der Waals surface area contributed by atoms with Crippen LogP contribution in [0.3, 0.4) is 0 Å². The molecule has 4 rings (SSSR count). The van der Waals surface area contributed by atoms with Crippen LogP contribution in [0.4, 0.5) is 0 Å². The van der Waals surface area contributed by atoms with Crippen molar-refractivity contribution in [3.63, 3.8) is 0 Å². The van der Waals surface area contributed by atoms with Crippen molar-refractivity contribution in [3.05, 3.63) is 108 Å². The largest absolute Gasteiger partial charge is 0.392 e. The average Bonchev–Trinajstić information content (AvgIpc) is 2.78. The van der Waals surface area contributed by atoms with E-state index in [0.717, 1.165) is 17.0 Å². The molecule has 0 heterocycles. The first-order chi connectivity index (χ1) is 14.3. The maximum atomic E-state index is 9.63. The molecule has 3 heteroatoms. The highest BCUT2D eigenvalue weighted by molar-refractivity contribution is 7.99. The highest BCUT2D eigenvalue weighted by atomic mass is 32.2. The smallest absolute Gasteiger partial charge is 0.0692 e. The molecule has 4 aromatic rings. The number of rotatable bonds is 7. The topological polar surface area (TPSA) is 32.3 Å². The maximum Gasteiger partial charge on any atom is 0.0692 e. The fraction of sp³-hybridized carbons (Fsp3) is 0.154. The van der Waals surface area contributed by atoms with Gasteiger partial charge in [-0.05, 0) is 46.5 Å². The second-order valence-corrected chi connectivity index (χ2v) is 8.23. The van der Waals surface area contributed by atoms with Gasteiger partial charge < -0.3 is 10.4 Å². The van der Waals surface area contributed by atoms with Crippen molar-refractivity contribution in [3.8, 4) is 0 Å². The van der Waals surface area contributed by atoms with Gasteiger partial charge in [-0.25, -0.2) is 0 Å². The van der Waals surface area contributed by atoms with E-state index in [4.69, 9.17) is 0 Å². The van der Waals surface area contributed by atoms with Crippen LogP contribution < -0.4 is 5.32 Å². The molecule has 0 bridgehead atoms. The van der Waals surface area contributed by atoms with Crippen LogP contribution in [0, 0.1) is 0 Å². The van der Waals surface area contributed by atoms with E-state index in [9.17, 15) is 5.11 Å². The van der Waals surface area contributed by atoms with Crippen LogP contribution in [-0.4, -0.2) is 5.11 Å². The van der Waals surface area contributed by atoms with Crippen molar-refractivity contribution in [2.45, 2.75) is 35.9 Å². The van der Waals surface area contributed by atoms with E-state index in [1.165, 1.54) is 26.8 Å². The number of nitrogens with one attached hydrogen (secondary N) is 1. The molecule has 146 valence electrons. The summed E-state index contributed by atoms with van der Waals surface area (Å²) in [5, 5.41) is 15.9. The monoisotopic (exact) mass is 399 g/mol. The minimum absolute atomic E-state index is 0.0572. The standard InChI is InChI=1S/C26H25NOS/c1-19(23-14-8-12-20-9-2-5-13-24(20)23)27-17-21-10-3-6-15-25(21)29-26-16-7-4-11-22(26)18-28/h2-16,19,27-28H,17-18H2,1H3/t19-/m0/s1. The number of hydrogen-bond acceptors (Lipinski definition) is 3. The molecule has 0 radical (unpaired) electrons. The first-order valence-electron chi connectivity index (χ1n) is 9.92. The molecule has 0 spiro atoms. The molecule has 0 saturated carbocycles. The van der Waals surface area contributed by atoms with Gasteiger partial charge in [-0.1, -0.05) is 90.6 Å². The predicted octanol–water partition coefficient (Wildman–Crippen LogP) is 6.33. The summed E-state index contributed by atoms with van der Waals surface area (Å²) < 4.78 is 0. The van der Waals surface area contributed by atoms with E-state index in [1.54, 1.807) is 11.8 Å². The molecule has 0 aliphatic heterocycles. The lowest BCUT2D eigenvalue weighted by molar-refractivity contribution is 0.279. The van der Waals surface area contributed by atoms with Crippen LogP contribution in [0.5, 0.6) is 0 Å². The van der Waals surface area contributed by atoms with Crippen LogP contribution in [0.2, 0.25) is 0 Å². The van der Waals surface area contributed by atoms with Crippen molar-refractivity contribution in [1.29, 1.82) is 0 Å². The number of aliphatic hydroxyl groups excluding tert-OH is 1. The Morgan fingerprint density at radius 1 is 0.759 bits per heavy atom. The van der Waals surface area contributed by atoms with Gasteiger partial charge in [0.05, 0.1) is 6.61 Å². The normalized spacial score (nSPS) is 12.2. The van der Waals surface area contributed by atoms with Gasteiger partial charge in [0.25, 0.3) is 0 Å². The SMILES string of the molecule is C[C@H](NCc1ccccc1Sc1ccccc1CO)c1cccc2ccccc12. The van der Waals surface area contributed by atoms with Crippen LogP contribution in [0.15, 0.2) is 101 Å². The Morgan fingerprint density at radius 2 is 1.38 bits per heavy atom. The zero-order chi connectivity index (χ0) is 20.1. The summed E-state index contributed by atoms with van der Waals surface area (Å²) in [5.41, 5.74) is 3.54.